The smallest absolute Gasteiger partial charge is 0.335 e. The fourth-order valence-corrected chi connectivity index (χ4v) is 1.67. The molecule has 0 aliphatic carbocycles. The first-order valence-electron chi connectivity index (χ1n) is 7.25. The molecular weight excluding hydrogens is 340 g/mol. The van der Waals surface area contributed by atoms with Gasteiger partial charge in [-0.05, 0) is 35.9 Å². The molecule has 0 spiro atoms. The van der Waals surface area contributed by atoms with Gasteiger partial charge < -0.3 is 14.9 Å². The van der Waals surface area contributed by atoms with Crippen LogP contribution in [0.5, 0.6) is 0 Å². The Kier molecular flexibility index (Phi) is 7.96. The summed E-state index contributed by atoms with van der Waals surface area (Å²) in [6, 6.07) is 11.9. The first-order chi connectivity index (χ1) is 12.4. The number of esters is 1. The molecule has 0 radical (unpaired) electrons. The third-order valence-electron chi connectivity index (χ3n) is 3.06. The fourth-order valence-electron chi connectivity index (χ4n) is 1.67. The second-order valence-electron chi connectivity index (χ2n) is 4.83. The quantitative estimate of drug-likeness (QED) is 0.480. The molecule has 0 saturated heterocycles. The Balaban J connectivity index is 0.000000273. The number of benzene rings is 2. The van der Waals surface area contributed by atoms with Gasteiger partial charge in [0.05, 0.1) is 18.2 Å². The number of rotatable bonds is 5. The molecule has 7 nitrogen and oxygen atoms in total. The zero-order valence-corrected chi connectivity index (χ0v) is 13.8. The number of hydrogen-bond donors (Lipinski definition) is 2. The van der Waals surface area contributed by atoms with Gasteiger partial charge in [0.2, 0.25) is 0 Å². The van der Waals surface area contributed by atoms with Crippen LogP contribution < -0.4 is 0 Å². The van der Waals surface area contributed by atoms with Gasteiger partial charge in [0.25, 0.3) is 0 Å². The monoisotopic (exact) mass is 356 g/mol. The minimum atomic E-state index is -0.984. The summed E-state index contributed by atoms with van der Waals surface area (Å²) in [5.74, 6) is -2.40. The number of ether oxygens (including phenoxy) is 1. The summed E-state index contributed by atoms with van der Waals surface area (Å²) in [6.07, 6.45) is 3.50. The molecule has 0 atom stereocenters. The molecule has 0 unspecified atom stereocenters. The summed E-state index contributed by atoms with van der Waals surface area (Å²) in [5, 5.41) is 17.1. The highest BCUT2D eigenvalue weighted by Crippen LogP contribution is 2.06. The Bertz CT molecular complexity index is 803. The lowest BCUT2D eigenvalue weighted by Gasteiger charge is -1.95. The van der Waals surface area contributed by atoms with E-state index in [-0.39, 0.29) is 11.1 Å². The van der Waals surface area contributed by atoms with Gasteiger partial charge >= 0.3 is 17.9 Å². The summed E-state index contributed by atoms with van der Waals surface area (Å²) >= 11 is 0. The molecule has 2 aromatic carbocycles. The molecule has 0 saturated carbocycles. The van der Waals surface area contributed by atoms with E-state index < -0.39 is 17.9 Å². The predicted octanol–water partition coefficient (Wildman–Crippen LogP) is 2.77. The van der Waals surface area contributed by atoms with Gasteiger partial charge in [-0.15, -0.1) is 0 Å². The second-order valence-corrected chi connectivity index (χ2v) is 4.83. The van der Waals surface area contributed by atoms with Crippen molar-refractivity contribution >= 4 is 30.3 Å². The largest absolute Gasteiger partial charge is 0.478 e. The maximum absolute atomic E-state index is 10.8. The van der Waals surface area contributed by atoms with E-state index in [1.807, 2.05) is 0 Å². The topological polar surface area (TPSA) is 118 Å². The van der Waals surface area contributed by atoms with E-state index in [0.717, 1.165) is 5.56 Å². The average molecular weight is 356 g/mol. The first-order valence-corrected chi connectivity index (χ1v) is 7.25. The maximum Gasteiger partial charge on any atom is 0.335 e. The van der Waals surface area contributed by atoms with Crippen LogP contribution in [0.3, 0.4) is 0 Å². The van der Waals surface area contributed by atoms with Crippen LogP contribution in [0, 0.1) is 0 Å². The van der Waals surface area contributed by atoms with Gasteiger partial charge in [-0.25, -0.2) is 14.4 Å². The lowest BCUT2D eigenvalue weighted by atomic mass is 10.1. The maximum atomic E-state index is 10.8. The van der Waals surface area contributed by atoms with Gasteiger partial charge in [0, 0.05) is 11.6 Å². The Labute approximate surface area is 149 Å². The van der Waals surface area contributed by atoms with Gasteiger partial charge in [0.15, 0.2) is 0 Å². The standard InChI is InChI=1S/C11H10O4.C8H6O3/c1-15-10(12)7-4-8-2-5-9(6-3-8)11(13)14;9-5-6-1-3-7(4-2-6)8(10)11/h2-7H,1H3,(H,13,14);1-5H,(H,10,11)/b7-4+;. The molecule has 0 aliphatic heterocycles. The lowest BCUT2D eigenvalue weighted by Crippen LogP contribution is -1.95. The summed E-state index contributed by atoms with van der Waals surface area (Å²) in [4.78, 5) is 41.7. The molecule has 2 aromatic rings. The average Bonchev–Trinajstić information content (AvgIpc) is 2.66. The predicted molar refractivity (Wildman–Crippen MR) is 93.2 cm³/mol. The van der Waals surface area contributed by atoms with Crippen molar-refractivity contribution in [2.24, 2.45) is 0 Å². The summed E-state index contributed by atoms with van der Waals surface area (Å²) in [6.45, 7) is 0. The van der Waals surface area contributed by atoms with Crippen LogP contribution in [0.4, 0.5) is 0 Å². The first kappa shape index (κ1) is 20.3. The van der Waals surface area contributed by atoms with Crippen LogP contribution in [-0.4, -0.2) is 41.5 Å². The van der Waals surface area contributed by atoms with Crippen molar-refractivity contribution < 1.29 is 34.1 Å². The Morgan fingerprint density at radius 3 is 1.58 bits per heavy atom. The molecule has 0 amide bonds. The molecule has 0 aromatic heterocycles. The van der Waals surface area contributed by atoms with E-state index in [1.54, 1.807) is 18.2 Å². The molecule has 7 heteroatoms. The van der Waals surface area contributed by atoms with E-state index in [4.69, 9.17) is 10.2 Å². The Morgan fingerprint density at radius 2 is 1.23 bits per heavy atom. The van der Waals surface area contributed by atoms with Crippen molar-refractivity contribution in [1.82, 2.24) is 0 Å². The van der Waals surface area contributed by atoms with Crippen molar-refractivity contribution in [2.45, 2.75) is 0 Å². The van der Waals surface area contributed by atoms with Crippen LogP contribution in [0.15, 0.2) is 54.6 Å². The highest BCUT2D eigenvalue weighted by Gasteiger charge is 2.01. The molecule has 0 heterocycles. The van der Waals surface area contributed by atoms with Crippen molar-refractivity contribution in [1.29, 1.82) is 0 Å². The van der Waals surface area contributed by atoms with Crippen LogP contribution in [-0.2, 0) is 9.53 Å². The molecule has 2 N–H and O–H groups in total. The summed E-state index contributed by atoms with van der Waals surface area (Å²) in [5.41, 5.74) is 1.63. The van der Waals surface area contributed by atoms with Crippen LogP contribution in [0.1, 0.15) is 36.6 Å². The zero-order valence-electron chi connectivity index (χ0n) is 13.8. The fraction of sp³-hybridized carbons (Fsp3) is 0.0526. The van der Waals surface area contributed by atoms with E-state index in [2.05, 4.69) is 4.74 Å². The van der Waals surface area contributed by atoms with Crippen LogP contribution in [0.2, 0.25) is 0 Å². The van der Waals surface area contributed by atoms with E-state index in [1.165, 1.54) is 49.6 Å². The number of aldehydes is 1. The second kappa shape index (κ2) is 10.2. The van der Waals surface area contributed by atoms with Gasteiger partial charge in [-0.1, -0.05) is 24.3 Å². The summed E-state index contributed by atoms with van der Waals surface area (Å²) < 4.78 is 4.41. The molecule has 0 bridgehead atoms. The van der Waals surface area contributed by atoms with E-state index >= 15 is 0 Å². The van der Waals surface area contributed by atoms with Gasteiger partial charge in [-0.3, -0.25) is 4.79 Å². The molecule has 2 rings (SSSR count). The van der Waals surface area contributed by atoms with E-state index in [0.29, 0.717) is 11.8 Å². The number of aromatic carboxylic acids is 2. The number of carboxylic acids is 2. The van der Waals surface area contributed by atoms with Crippen LogP contribution in [0.25, 0.3) is 6.08 Å². The molecule has 0 aliphatic rings. The number of carbonyl (C=O) groups excluding carboxylic acids is 2. The van der Waals surface area contributed by atoms with Gasteiger partial charge in [0.1, 0.15) is 6.29 Å². The normalized spacial score (nSPS) is 9.73. The minimum Gasteiger partial charge on any atom is -0.478 e. The van der Waals surface area contributed by atoms with E-state index in [9.17, 15) is 19.2 Å². The van der Waals surface area contributed by atoms with Crippen LogP contribution >= 0.6 is 0 Å². The highest BCUT2D eigenvalue weighted by molar-refractivity contribution is 5.89. The zero-order chi connectivity index (χ0) is 19.5. The summed E-state index contributed by atoms with van der Waals surface area (Å²) in [7, 11) is 1.29. The molecular formula is C19H16O7. The SMILES string of the molecule is COC(=O)/C=C/c1ccc(C(=O)O)cc1.O=Cc1ccc(C(=O)O)cc1. The molecule has 26 heavy (non-hydrogen) atoms. The van der Waals surface area contributed by atoms with Crippen molar-refractivity contribution in [3.63, 3.8) is 0 Å². The minimum absolute atomic E-state index is 0.190. The van der Waals surface area contributed by atoms with Gasteiger partial charge in [-0.2, -0.15) is 0 Å². The van der Waals surface area contributed by atoms with Crippen molar-refractivity contribution in [2.75, 3.05) is 7.11 Å². The number of methoxy groups -OCH3 is 1. The molecule has 0 fully saturated rings. The highest BCUT2D eigenvalue weighted by atomic mass is 16.5. The third-order valence-corrected chi connectivity index (χ3v) is 3.06. The van der Waals surface area contributed by atoms with Crippen molar-refractivity contribution in [3.05, 3.63) is 76.9 Å². The Morgan fingerprint density at radius 1 is 0.808 bits per heavy atom. The number of hydrogen-bond acceptors (Lipinski definition) is 5. The number of carbonyl (C=O) groups is 4. The Hall–Kier alpha value is -3.74. The molecule has 134 valence electrons. The lowest BCUT2D eigenvalue weighted by molar-refractivity contribution is -0.134. The number of carboxylic acid groups (broad SMARTS) is 2. The third kappa shape index (κ3) is 6.79. The van der Waals surface area contributed by atoms with Crippen molar-refractivity contribution in [3.8, 4) is 0 Å².